The minimum atomic E-state index is -4.38. The lowest BCUT2D eigenvalue weighted by molar-refractivity contribution is -0.141. The molecule has 0 amide bonds. The molecule has 1 fully saturated rings. The Morgan fingerprint density at radius 3 is 2.48 bits per heavy atom. The molecule has 3 atom stereocenters. The van der Waals surface area contributed by atoms with Crippen molar-refractivity contribution in [2.45, 2.75) is 52.3 Å². The fourth-order valence-corrected chi connectivity index (χ4v) is 3.23. The molecule has 1 saturated carbocycles. The SMILES string of the molecule is CC1CCC(C(C)C)C(Nc2ccc(C(F)(F)F)nc2)C1. The number of rotatable bonds is 3. The predicted octanol–water partition coefficient (Wildman–Crippen LogP) is 4.97. The highest BCUT2D eigenvalue weighted by molar-refractivity contribution is 5.42. The summed E-state index contributed by atoms with van der Waals surface area (Å²) in [5, 5.41) is 3.39. The average Bonchev–Trinajstić information content (AvgIpc) is 2.38. The summed E-state index contributed by atoms with van der Waals surface area (Å²) in [5.74, 6) is 1.78. The molecule has 1 aromatic heterocycles. The Morgan fingerprint density at radius 2 is 1.95 bits per heavy atom. The van der Waals surface area contributed by atoms with Crippen LogP contribution < -0.4 is 5.32 Å². The van der Waals surface area contributed by atoms with E-state index in [9.17, 15) is 13.2 Å². The molecule has 1 aliphatic carbocycles. The number of aromatic nitrogens is 1. The van der Waals surface area contributed by atoms with Gasteiger partial charge in [0.1, 0.15) is 5.69 Å². The van der Waals surface area contributed by atoms with E-state index >= 15 is 0 Å². The van der Waals surface area contributed by atoms with Gasteiger partial charge in [-0.05, 0) is 42.7 Å². The number of alkyl halides is 3. The molecule has 5 heteroatoms. The smallest absolute Gasteiger partial charge is 0.381 e. The molecule has 0 aromatic carbocycles. The van der Waals surface area contributed by atoms with Crippen LogP contribution in [0.2, 0.25) is 0 Å². The Labute approximate surface area is 124 Å². The monoisotopic (exact) mass is 300 g/mol. The van der Waals surface area contributed by atoms with E-state index in [2.05, 4.69) is 31.1 Å². The molecule has 0 saturated heterocycles. The maximum absolute atomic E-state index is 12.5. The molecule has 3 unspecified atom stereocenters. The minimum Gasteiger partial charge on any atom is -0.381 e. The van der Waals surface area contributed by atoms with Gasteiger partial charge in [0.05, 0.1) is 11.9 Å². The summed E-state index contributed by atoms with van der Waals surface area (Å²) < 4.78 is 37.5. The first kappa shape index (κ1) is 16.1. The first-order valence-electron chi connectivity index (χ1n) is 7.57. The number of hydrogen-bond donors (Lipinski definition) is 1. The summed E-state index contributed by atoms with van der Waals surface area (Å²) in [6.07, 6.45) is 0.374. The van der Waals surface area contributed by atoms with Crippen molar-refractivity contribution >= 4 is 5.69 Å². The zero-order valence-corrected chi connectivity index (χ0v) is 12.7. The number of anilines is 1. The van der Waals surface area contributed by atoms with Crippen molar-refractivity contribution in [2.24, 2.45) is 17.8 Å². The number of nitrogens with one attached hydrogen (secondary N) is 1. The third kappa shape index (κ3) is 4.11. The van der Waals surface area contributed by atoms with Crippen molar-refractivity contribution < 1.29 is 13.2 Å². The summed E-state index contributed by atoms with van der Waals surface area (Å²) in [6.45, 7) is 6.65. The van der Waals surface area contributed by atoms with Gasteiger partial charge in [0.2, 0.25) is 0 Å². The van der Waals surface area contributed by atoms with E-state index in [4.69, 9.17) is 0 Å². The molecule has 2 nitrogen and oxygen atoms in total. The lowest BCUT2D eigenvalue weighted by Crippen LogP contribution is -2.37. The molecule has 0 bridgehead atoms. The van der Waals surface area contributed by atoms with Crippen LogP contribution in [0.3, 0.4) is 0 Å². The molecule has 0 radical (unpaired) electrons. The molecule has 1 heterocycles. The molecule has 2 rings (SSSR count). The lowest BCUT2D eigenvalue weighted by Gasteiger charge is -2.38. The summed E-state index contributed by atoms with van der Waals surface area (Å²) in [7, 11) is 0. The van der Waals surface area contributed by atoms with E-state index in [0.717, 1.165) is 12.5 Å². The van der Waals surface area contributed by atoms with Crippen LogP contribution in [0.5, 0.6) is 0 Å². The van der Waals surface area contributed by atoms with Crippen LogP contribution in [0, 0.1) is 17.8 Å². The molecular formula is C16H23F3N2. The van der Waals surface area contributed by atoms with E-state index < -0.39 is 11.9 Å². The lowest BCUT2D eigenvalue weighted by atomic mass is 9.74. The third-order valence-electron chi connectivity index (χ3n) is 4.43. The zero-order valence-electron chi connectivity index (χ0n) is 12.7. The Hall–Kier alpha value is -1.26. The molecule has 118 valence electrons. The summed E-state index contributed by atoms with van der Waals surface area (Å²) in [4.78, 5) is 3.52. The zero-order chi connectivity index (χ0) is 15.6. The quantitative estimate of drug-likeness (QED) is 0.852. The second kappa shape index (κ2) is 6.24. The standard InChI is InChI=1S/C16H23F3N2/c1-10(2)13-6-4-11(3)8-14(13)21-12-5-7-15(20-9-12)16(17,18)19/h5,7,9-11,13-14,21H,4,6,8H2,1-3H3. The van der Waals surface area contributed by atoms with Crippen LogP contribution in [0.15, 0.2) is 18.3 Å². The molecule has 1 aromatic rings. The van der Waals surface area contributed by atoms with Gasteiger partial charge in [-0.25, -0.2) is 4.98 Å². The topological polar surface area (TPSA) is 24.9 Å². The van der Waals surface area contributed by atoms with Crippen LogP contribution >= 0.6 is 0 Å². The van der Waals surface area contributed by atoms with Crippen molar-refractivity contribution in [1.82, 2.24) is 4.98 Å². The van der Waals surface area contributed by atoms with Gasteiger partial charge in [0.15, 0.2) is 0 Å². The van der Waals surface area contributed by atoms with Crippen LogP contribution in [0.1, 0.15) is 45.7 Å². The van der Waals surface area contributed by atoms with Gasteiger partial charge in [-0.3, -0.25) is 0 Å². The first-order chi connectivity index (χ1) is 9.77. The Balaban J connectivity index is 2.08. The van der Waals surface area contributed by atoms with Crippen LogP contribution in [0.25, 0.3) is 0 Å². The molecule has 1 N–H and O–H groups in total. The van der Waals surface area contributed by atoms with Crippen LogP contribution in [-0.4, -0.2) is 11.0 Å². The maximum Gasteiger partial charge on any atom is 0.433 e. The fourth-order valence-electron chi connectivity index (χ4n) is 3.23. The van der Waals surface area contributed by atoms with Crippen molar-refractivity contribution in [3.63, 3.8) is 0 Å². The van der Waals surface area contributed by atoms with Crippen LogP contribution in [-0.2, 0) is 6.18 Å². The number of pyridine rings is 1. The average molecular weight is 300 g/mol. The van der Waals surface area contributed by atoms with Gasteiger partial charge in [-0.1, -0.05) is 27.2 Å². The highest BCUT2D eigenvalue weighted by atomic mass is 19.4. The molecule has 0 spiro atoms. The molecule has 21 heavy (non-hydrogen) atoms. The van der Waals surface area contributed by atoms with Gasteiger partial charge in [-0.2, -0.15) is 13.2 Å². The van der Waals surface area contributed by atoms with Crippen molar-refractivity contribution in [3.8, 4) is 0 Å². The Morgan fingerprint density at radius 1 is 1.24 bits per heavy atom. The second-order valence-electron chi connectivity index (χ2n) is 6.51. The molecule has 1 aliphatic rings. The van der Waals surface area contributed by atoms with E-state index in [1.54, 1.807) is 0 Å². The summed E-state index contributed by atoms with van der Waals surface area (Å²) in [5.41, 5.74) is -0.168. The van der Waals surface area contributed by atoms with Crippen LogP contribution in [0.4, 0.5) is 18.9 Å². The van der Waals surface area contributed by atoms with Gasteiger partial charge in [-0.15, -0.1) is 0 Å². The molecule has 0 aliphatic heterocycles. The van der Waals surface area contributed by atoms with E-state index in [1.165, 1.54) is 25.1 Å². The summed E-state index contributed by atoms with van der Waals surface area (Å²) >= 11 is 0. The largest absolute Gasteiger partial charge is 0.433 e. The van der Waals surface area contributed by atoms with Gasteiger partial charge >= 0.3 is 6.18 Å². The second-order valence-corrected chi connectivity index (χ2v) is 6.51. The fraction of sp³-hybridized carbons (Fsp3) is 0.688. The van der Waals surface area contributed by atoms with Gasteiger partial charge in [0, 0.05) is 6.04 Å². The van der Waals surface area contributed by atoms with Gasteiger partial charge in [0.25, 0.3) is 0 Å². The van der Waals surface area contributed by atoms with Crippen molar-refractivity contribution in [2.75, 3.05) is 5.32 Å². The summed E-state index contributed by atoms with van der Waals surface area (Å²) in [6, 6.07) is 2.83. The van der Waals surface area contributed by atoms with E-state index in [-0.39, 0.29) is 0 Å². The number of halogens is 3. The highest BCUT2D eigenvalue weighted by Gasteiger charge is 2.33. The van der Waals surface area contributed by atoms with Crippen molar-refractivity contribution in [1.29, 1.82) is 0 Å². The molecular weight excluding hydrogens is 277 g/mol. The van der Waals surface area contributed by atoms with E-state index in [0.29, 0.717) is 29.5 Å². The minimum absolute atomic E-state index is 0.312. The van der Waals surface area contributed by atoms with E-state index in [1.807, 2.05) is 0 Å². The number of nitrogens with zero attached hydrogens (tertiary/aromatic N) is 1. The van der Waals surface area contributed by atoms with Crippen molar-refractivity contribution in [3.05, 3.63) is 24.0 Å². The Kier molecular flexibility index (Phi) is 4.79. The highest BCUT2D eigenvalue weighted by Crippen LogP contribution is 2.35. The number of hydrogen-bond acceptors (Lipinski definition) is 2. The first-order valence-corrected chi connectivity index (χ1v) is 7.57. The normalized spacial score (nSPS) is 26.9. The predicted molar refractivity (Wildman–Crippen MR) is 78.0 cm³/mol. The maximum atomic E-state index is 12.5. The third-order valence-corrected chi connectivity index (χ3v) is 4.43. The van der Waals surface area contributed by atoms with Gasteiger partial charge < -0.3 is 5.32 Å². The Bertz CT molecular complexity index is 454.